The Balaban J connectivity index is 0.000000159. The first kappa shape index (κ1) is 42.7. The number of rotatable bonds is 10. The molecule has 15 nitrogen and oxygen atoms in total. The molecule has 6 heterocycles. The van der Waals surface area contributed by atoms with Crippen LogP contribution in [0.1, 0.15) is 72.4 Å². The van der Waals surface area contributed by atoms with Crippen LogP contribution in [0.4, 0.5) is 23.3 Å². The number of amides is 1. The molecule has 5 aromatic heterocycles. The molecule has 336 valence electrons. The largest absolute Gasteiger partial charge is 0.351 e. The highest BCUT2D eigenvalue weighted by molar-refractivity contribution is 5.98. The molecule has 4 N–H and O–H groups in total. The molecule has 1 saturated carbocycles. The molecule has 1 aliphatic heterocycles. The lowest BCUT2D eigenvalue weighted by Gasteiger charge is -2.32. The fourth-order valence-corrected chi connectivity index (χ4v) is 8.39. The Kier molecular flexibility index (Phi) is 11.0. The van der Waals surface area contributed by atoms with E-state index >= 15 is 0 Å². The van der Waals surface area contributed by atoms with Crippen molar-refractivity contribution in [2.75, 3.05) is 17.2 Å². The lowest BCUT2D eigenvalue weighted by atomic mass is 9.79. The molecule has 0 radical (unpaired) electrons. The van der Waals surface area contributed by atoms with Crippen LogP contribution in [0.5, 0.6) is 0 Å². The Morgan fingerprint density at radius 2 is 1.48 bits per heavy atom. The molecular weight excluding hydrogens is 839 g/mol. The van der Waals surface area contributed by atoms with E-state index < -0.39 is 0 Å². The van der Waals surface area contributed by atoms with Gasteiger partial charge in [0.05, 0.1) is 12.0 Å². The summed E-state index contributed by atoms with van der Waals surface area (Å²) in [5.41, 5.74) is 11.8. The van der Waals surface area contributed by atoms with Crippen LogP contribution in [0, 0.1) is 13.8 Å². The number of aromatic nitrogens is 10. The zero-order valence-electron chi connectivity index (χ0n) is 38.3. The van der Waals surface area contributed by atoms with Crippen molar-refractivity contribution in [2.45, 2.75) is 65.3 Å². The monoisotopic (exact) mass is 889 g/mol. The van der Waals surface area contributed by atoms with E-state index in [0.717, 1.165) is 67.1 Å². The predicted octanol–water partition coefficient (Wildman–Crippen LogP) is 9.54. The van der Waals surface area contributed by atoms with E-state index in [-0.39, 0.29) is 16.9 Å². The number of pyridine rings is 2. The van der Waals surface area contributed by atoms with Crippen molar-refractivity contribution in [3.63, 3.8) is 0 Å². The second-order valence-corrected chi connectivity index (χ2v) is 17.9. The molecule has 1 amide bonds. The predicted molar refractivity (Wildman–Crippen MR) is 262 cm³/mol. The zero-order chi connectivity index (χ0) is 46.4. The van der Waals surface area contributed by atoms with Gasteiger partial charge in [-0.15, -0.1) is 10.2 Å². The molecule has 4 aromatic carbocycles. The number of hydrogen-bond acceptors (Lipinski definition) is 10. The first-order chi connectivity index (χ1) is 32.4. The summed E-state index contributed by atoms with van der Waals surface area (Å²) < 4.78 is 5.68. The number of carbonyl (C=O) groups is 1. The lowest BCUT2D eigenvalue weighted by molar-refractivity contribution is 0.0930. The van der Waals surface area contributed by atoms with Crippen molar-refractivity contribution in [1.82, 2.24) is 54.4 Å². The van der Waals surface area contributed by atoms with Crippen LogP contribution in [-0.4, -0.2) is 61.5 Å². The van der Waals surface area contributed by atoms with Crippen LogP contribution in [-0.2, 0) is 19.0 Å². The molecular formula is C52H51N13O2. The summed E-state index contributed by atoms with van der Waals surface area (Å²) in [6.07, 6.45) is 10.1. The van der Waals surface area contributed by atoms with E-state index in [2.05, 4.69) is 110 Å². The first-order valence-corrected chi connectivity index (χ1v) is 22.5. The number of aryl methyl sites for hydroxylation is 4. The van der Waals surface area contributed by atoms with E-state index in [4.69, 9.17) is 10.1 Å². The third-order valence-corrected chi connectivity index (χ3v) is 12.4. The molecule has 0 bridgehead atoms. The average Bonchev–Trinajstić information content (AvgIpc) is 3.74. The first-order valence-electron chi connectivity index (χ1n) is 22.5. The normalized spacial score (nSPS) is 14.0. The minimum Gasteiger partial charge on any atom is -0.351 e. The molecule has 9 aromatic rings. The third kappa shape index (κ3) is 8.83. The Hall–Kier alpha value is -8.20. The molecule has 1 fully saturated rings. The minimum atomic E-state index is -0.140. The fraction of sp³-hybridized carbons (Fsp3) is 0.231. The van der Waals surface area contributed by atoms with Crippen LogP contribution in [0.25, 0.3) is 50.4 Å². The Bertz CT molecular complexity index is 3360. The summed E-state index contributed by atoms with van der Waals surface area (Å²) in [7, 11) is 1.84. The van der Waals surface area contributed by atoms with E-state index in [1.54, 1.807) is 16.9 Å². The standard InChI is InChI=1S/C28H31N7O.C24H20N6O/c1-5-35-27(31-20-9-10-21-22(13-20)28(3,4)15-29-26(21)36)32-25(33-35)19-8-11-24(17(2)12-19)34-14-23(30-16-34)18-6-7-18;1-15-3-4-19(14-26-15)16-5-7-17(8-6-16)22-28-24(30(2)29-22)27-20-9-10-21-18(13-20)11-12-25-23(21)31/h8-14,16,18H,5-7,15H2,1-4H3,(H,29,36)(H,31,32,33);3-14H,1-2H3,(H,25,31)(H,27,28,29). The van der Waals surface area contributed by atoms with E-state index in [1.165, 1.54) is 18.5 Å². The van der Waals surface area contributed by atoms with Gasteiger partial charge in [0.1, 0.15) is 0 Å². The molecule has 11 rings (SSSR count). The Labute approximate surface area is 387 Å². The molecule has 15 heteroatoms. The van der Waals surface area contributed by atoms with Gasteiger partial charge in [0.15, 0.2) is 11.6 Å². The summed E-state index contributed by atoms with van der Waals surface area (Å²) in [4.78, 5) is 45.3. The summed E-state index contributed by atoms with van der Waals surface area (Å²) in [5, 5.41) is 20.5. The molecule has 1 aliphatic carbocycles. The second kappa shape index (κ2) is 17.3. The number of nitrogens with zero attached hydrogens (tertiary/aromatic N) is 9. The highest BCUT2D eigenvalue weighted by Gasteiger charge is 2.32. The number of nitrogens with one attached hydrogen (secondary N) is 4. The number of fused-ring (bicyclic) bond motifs is 2. The van der Waals surface area contributed by atoms with Gasteiger partial charge in [0.25, 0.3) is 11.5 Å². The minimum absolute atomic E-state index is 0.0202. The van der Waals surface area contributed by atoms with Crippen LogP contribution in [0.2, 0.25) is 0 Å². The number of hydrogen-bond donors (Lipinski definition) is 4. The number of aromatic amines is 1. The number of benzene rings is 4. The maximum absolute atomic E-state index is 12.3. The fourth-order valence-electron chi connectivity index (χ4n) is 8.39. The maximum Gasteiger partial charge on any atom is 0.255 e. The lowest BCUT2D eigenvalue weighted by Crippen LogP contribution is -2.43. The zero-order valence-corrected chi connectivity index (χ0v) is 38.3. The summed E-state index contributed by atoms with van der Waals surface area (Å²) in [6, 6.07) is 31.8. The van der Waals surface area contributed by atoms with Gasteiger partial charge < -0.3 is 25.5 Å². The highest BCUT2D eigenvalue weighted by atomic mass is 16.1. The van der Waals surface area contributed by atoms with Gasteiger partial charge in [-0.3, -0.25) is 14.6 Å². The van der Waals surface area contributed by atoms with E-state index in [0.29, 0.717) is 47.9 Å². The van der Waals surface area contributed by atoms with Crippen LogP contribution >= 0.6 is 0 Å². The number of carbonyl (C=O) groups excluding carboxylic acids is 1. The highest BCUT2D eigenvalue weighted by Crippen LogP contribution is 2.39. The Morgan fingerprint density at radius 1 is 0.761 bits per heavy atom. The van der Waals surface area contributed by atoms with Gasteiger partial charge in [-0.1, -0.05) is 44.2 Å². The van der Waals surface area contributed by atoms with E-state index in [1.807, 2.05) is 91.8 Å². The SMILES string of the molecule is CCn1nc(-c2ccc(-n3cnc(C4CC4)c3)c(C)c2)nc1Nc1ccc2c(c1)C(C)(C)CNC2=O.Cc1ccc(-c2ccc(-c3nc(Nc4ccc5c(=O)[nH]ccc5c4)n(C)n3)cc2)cn1. The van der Waals surface area contributed by atoms with Crippen molar-refractivity contribution >= 4 is 40.0 Å². The van der Waals surface area contributed by atoms with Gasteiger partial charge in [0.2, 0.25) is 11.9 Å². The third-order valence-electron chi connectivity index (χ3n) is 12.4. The second-order valence-electron chi connectivity index (χ2n) is 17.9. The van der Waals surface area contributed by atoms with Crippen molar-refractivity contribution in [3.05, 3.63) is 160 Å². The van der Waals surface area contributed by atoms with Crippen LogP contribution in [0.15, 0.2) is 127 Å². The number of anilines is 4. The van der Waals surface area contributed by atoms with Crippen LogP contribution in [0.3, 0.4) is 0 Å². The van der Waals surface area contributed by atoms with E-state index in [9.17, 15) is 9.59 Å². The van der Waals surface area contributed by atoms with Gasteiger partial charge in [-0.2, -0.15) is 9.97 Å². The van der Waals surface area contributed by atoms with Crippen molar-refractivity contribution < 1.29 is 4.79 Å². The summed E-state index contributed by atoms with van der Waals surface area (Å²) in [5.74, 6) is 3.22. The smallest absolute Gasteiger partial charge is 0.255 e. The molecule has 67 heavy (non-hydrogen) atoms. The van der Waals surface area contributed by atoms with Crippen molar-refractivity contribution in [3.8, 4) is 39.6 Å². The molecule has 0 spiro atoms. The molecule has 0 atom stereocenters. The average molecular weight is 890 g/mol. The summed E-state index contributed by atoms with van der Waals surface area (Å²) in [6.45, 7) is 11.7. The topological polar surface area (TPSA) is 178 Å². The molecule has 0 saturated heterocycles. The number of imidazole rings is 1. The van der Waals surface area contributed by atoms with Crippen molar-refractivity contribution in [2.24, 2.45) is 7.05 Å². The number of H-pyrrole nitrogens is 1. The van der Waals surface area contributed by atoms with Gasteiger partial charge >= 0.3 is 0 Å². The molecule has 0 unspecified atom stereocenters. The van der Waals surface area contributed by atoms with Crippen molar-refractivity contribution in [1.29, 1.82) is 0 Å². The van der Waals surface area contributed by atoms with Gasteiger partial charge in [-0.25, -0.2) is 14.3 Å². The maximum atomic E-state index is 12.3. The van der Waals surface area contributed by atoms with Crippen LogP contribution < -0.4 is 21.5 Å². The Morgan fingerprint density at radius 3 is 2.24 bits per heavy atom. The van der Waals surface area contributed by atoms with Gasteiger partial charge in [0, 0.05) is 100 Å². The van der Waals surface area contributed by atoms with Gasteiger partial charge in [-0.05, 0) is 122 Å². The quantitative estimate of drug-likeness (QED) is 0.103. The summed E-state index contributed by atoms with van der Waals surface area (Å²) >= 11 is 0. The molecule has 2 aliphatic rings.